The summed E-state index contributed by atoms with van der Waals surface area (Å²) in [5.74, 6) is 0. The van der Waals surface area contributed by atoms with Crippen LogP contribution in [0.25, 0.3) is 4.96 Å². The van der Waals surface area contributed by atoms with Crippen LogP contribution in [-0.2, 0) is 12.8 Å². The number of aromatic nitrogens is 2. The Hall–Kier alpha value is -1.17. The highest BCUT2D eigenvalue weighted by Crippen LogP contribution is 2.16. The monoisotopic (exact) mass is 319 g/mol. The predicted octanol–water partition coefficient (Wildman–Crippen LogP) is 4.00. The van der Waals surface area contributed by atoms with Crippen molar-refractivity contribution in [3.63, 3.8) is 0 Å². The summed E-state index contributed by atoms with van der Waals surface area (Å²) in [5, 5.41) is 7.85. The zero-order valence-electron chi connectivity index (χ0n) is 12.3. The highest BCUT2D eigenvalue weighted by molar-refractivity contribution is 7.15. The first-order chi connectivity index (χ1) is 10.3. The Labute approximate surface area is 133 Å². The van der Waals surface area contributed by atoms with Crippen LogP contribution in [0.15, 0.2) is 35.3 Å². The van der Waals surface area contributed by atoms with Gasteiger partial charge in [-0.1, -0.05) is 13.0 Å². The van der Waals surface area contributed by atoms with Gasteiger partial charge in [0.15, 0.2) is 4.96 Å². The van der Waals surface area contributed by atoms with E-state index in [-0.39, 0.29) is 0 Å². The highest BCUT2D eigenvalue weighted by Gasteiger charge is 2.11. The number of nitrogens with zero attached hydrogens (tertiary/aromatic N) is 2. The molecule has 0 saturated heterocycles. The van der Waals surface area contributed by atoms with Gasteiger partial charge in [-0.05, 0) is 37.3 Å². The molecule has 0 spiro atoms. The van der Waals surface area contributed by atoms with Gasteiger partial charge in [-0.3, -0.25) is 4.40 Å². The number of aryl methyl sites for hydroxylation is 1. The molecule has 3 nitrogen and oxygen atoms in total. The standard InChI is InChI=1S/C16H21N3S2/c1-2-17-13(5-3-6-15-7-4-9-20-15)11-14-12-19-8-10-21-16(19)18-14/h4,7-10,12-13,17H,2-3,5-6,11H2,1H3. The van der Waals surface area contributed by atoms with E-state index in [1.54, 1.807) is 11.3 Å². The molecule has 3 aromatic heterocycles. The Bertz CT molecular complexity index is 625. The molecule has 0 aromatic carbocycles. The third-order valence-corrected chi connectivity index (χ3v) is 5.35. The SMILES string of the molecule is CCNC(CCCc1cccs1)Cc1cn2ccsc2n1. The minimum atomic E-state index is 0.527. The topological polar surface area (TPSA) is 29.3 Å². The zero-order chi connectivity index (χ0) is 14.5. The van der Waals surface area contributed by atoms with Gasteiger partial charge < -0.3 is 5.32 Å². The Balaban J connectivity index is 1.54. The molecule has 3 aromatic rings. The number of nitrogens with one attached hydrogen (secondary N) is 1. The fourth-order valence-electron chi connectivity index (χ4n) is 2.67. The van der Waals surface area contributed by atoms with Gasteiger partial charge in [0.25, 0.3) is 0 Å². The predicted molar refractivity (Wildman–Crippen MR) is 91.5 cm³/mol. The van der Waals surface area contributed by atoms with Crippen molar-refractivity contribution in [2.24, 2.45) is 0 Å². The third-order valence-electron chi connectivity index (χ3n) is 3.65. The summed E-state index contributed by atoms with van der Waals surface area (Å²) < 4.78 is 2.12. The van der Waals surface area contributed by atoms with Gasteiger partial charge in [-0.2, -0.15) is 0 Å². The Kier molecular flexibility index (Phi) is 5.06. The number of fused-ring (bicyclic) bond motifs is 1. The lowest BCUT2D eigenvalue weighted by Gasteiger charge is -2.16. The van der Waals surface area contributed by atoms with Crippen molar-refractivity contribution in [1.29, 1.82) is 0 Å². The van der Waals surface area contributed by atoms with E-state index in [9.17, 15) is 0 Å². The van der Waals surface area contributed by atoms with Gasteiger partial charge in [-0.25, -0.2) is 4.98 Å². The summed E-state index contributed by atoms with van der Waals surface area (Å²) in [6.07, 6.45) is 8.90. The van der Waals surface area contributed by atoms with Crippen LogP contribution in [0, 0.1) is 0 Å². The fourth-order valence-corrected chi connectivity index (χ4v) is 4.14. The second kappa shape index (κ2) is 7.20. The average molecular weight is 319 g/mol. The molecule has 0 aliphatic carbocycles. The summed E-state index contributed by atoms with van der Waals surface area (Å²) in [6, 6.07) is 4.90. The minimum absolute atomic E-state index is 0.527. The first-order valence-electron chi connectivity index (χ1n) is 7.52. The van der Waals surface area contributed by atoms with Crippen LogP contribution >= 0.6 is 22.7 Å². The summed E-state index contributed by atoms with van der Waals surface area (Å²) in [5.41, 5.74) is 1.20. The third kappa shape index (κ3) is 3.93. The van der Waals surface area contributed by atoms with E-state index in [0.717, 1.165) is 17.9 Å². The molecule has 1 N–H and O–H groups in total. The summed E-state index contributed by atoms with van der Waals surface area (Å²) >= 11 is 3.56. The molecule has 0 radical (unpaired) electrons. The first-order valence-corrected chi connectivity index (χ1v) is 9.28. The molecular formula is C16H21N3S2. The highest BCUT2D eigenvalue weighted by atomic mass is 32.1. The van der Waals surface area contributed by atoms with Gasteiger partial charge in [0.05, 0.1) is 5.69 Å². The number of hydrogen-bond donors (Lipinski definition) is 1. The lowest BCUT2D eigenvalue weighted by molar-refractivity contribution is 0.474. The van der Waals surface area contributed by atoms with Crippen LogP contribution in [0.4, 0.5) is 0 Å². The molecule has 0 amide bonds. The minimum Gasteiger partial charge on any atom is -0.314 e. The lowest BCUT2D eigenvalue weighted by atomic mass is 10.0. The van der Waals surface area contributed by atoms with E-state index in [1.165, 1.54) is 29.8 Å². The van der Waals surface area contributed by atoms with E-state index in [1.807, 2.05) is 11.3 Å². The molecule has 1 atom stereocenters. The first kappa shape index (κ1) is 14.8. The van der Waals surface area contributed by atoms with Crippen LogP contribution in [-0.4, -0.2) is 22.0 Å². The van der Waals surface area contributed by atoms with Crippen LogP contribution in [0.2, 0.25) is 0 Å². The molecule has 3 heterocycles. The number of likely N-dealkylation sites (N-methyl/N-ethyl adjacent to an activating group) is 1. The van der Waals surface area contributed by atoms with Crippen LogP contribution in [0.1, 0.15) is 30.3 Å². The maximum absolute atomic E-state index is 4.70. The smallest absolute Gasteiger partial charge is 0.193 e. The quantitative estimate of drug-likeness (QED) is 0.680. The second-order valence-electron chi connectivity index (χ2n) is 5.26. The summed E-state index contributed by atoms with van der Waals surface area (Å²) in [7, 11) is 0. The van der Waals surface area contributed by atoms with Crippen molar-refractivity contribution in [1.82, 2.24) is 14.7 Å². The molecule has 1 unspecified atom stereocenters. The molecule has 21 heavy (non-hydrogen) atoms. The normalized spacial score (nSPS) is 13.0. The Morgan fingerprint density at radius 3 is 3.05 bits per heavy atom. The molecule has 0 bridgehead atoms. The Morgan fingerprint density at radius 2 is 2.29 bits per heavy atom. The number of thiazole rings is 1. The van der Waals surface area contributed by atoms with Crippen molar-refractivity contribution in [2.45, 2.75) is 38.6 Å². The second-order valence-corrected chi connectivity index (χ2v) is 7.16. The molecule has 0 saturated carbocycles. The van der Waals surface area contributed by atoms with Crippen molar-refractivity contribution >= 4 is 27.6 Å². The molecule has 3 rings (SSSR count). The molecule has 0 aliphatic heterocycles. The summed E-state index contributed by atoms with van der Waals surface area (Å²) in [4.78, 5) is 7.29. The molecule has 112 valence electrons. The van der Waals surface area contributed by atoms with Crippen molar-refractivity contribution in [3.8, 4) is 0 Å². The molecule has 5 heteroatoms. The number of rotatable bonds is 8. The van der Waals surface area contributed by atoms with Gasteiger partial charge in [0, 0.05) is 35.1 Å². The van der Waals surface area contributed by atoms with Gasteiger partial charge >= 0.3 is 0 Å². The van der Waals surface area contributed by atoms with Crippen LogP contribution in [0.3, 0.4) is 0 Å². The zero-order valence-corrected chi connectivity index (χ0v) is 13.9. The number of thiophene rings is 1. The van der Waals surface area contributed by atoms with Crippen LogP contribution in [0.5, 0.6) is 0 Å². The van der Waals surface area contributed by atoms with E-state index in [2.05, 4.69) is 51.9 Å². The maximum Gasteiger partial charge on any atom is 0.193 e. The van der Waals surface area contributed by atoms with E-state index in [0.29, 0.717) is 6.04 Å². The van der Waals surface area contributed by atoms with Crippen LogP contribution < -0.4 is 5.32 Å². The van der Waals surface area contributed by atoms with E-state index >= 15 is 0 Å². The van der Waals surface area contributed by atoms with Crippen molar-refractivity contribution in [3.05, 3.63) is 45.9 Å². The van der Waals surface area contributed by atoms with E-state index < -0.39 is 0 Å². The molecule has 0 aliphatic rings. The number of imidazole rings is 1. The van der Waals surface area contributed by atoms with Crippen molar-refractivity contribution < 1.29 is 0 Å². The summed E-state index contributed by atoms with van der Waals surface area (Å²) in [6.45, 7) is 3.20. The maximum atomic E-state index is 4.70. The molecule has 0 fully saturated rings. The number of hydrogen-bond acceptors (Lipinski definition) is 4. The van der Waals surface area contributed by atoms with Gasteiger partial charge in [0.2, 0.25) is 0 Å². The lowest BCUT2D eigenvalue weighted by Crippen LogP contribution is -2.31. The molecular weight excluding hydrogens is 298 g/mol. The Morgan fingerprint density at radius 1 is 1.33 bits per heavy atom. The van der Waals surface area contributed by atoms with E-state index in [4.69, 9.17) is 4.98 Å². The van der Waals surface area contributed by atoms with Crippen molar-refractivity contribution in [2.75, 3.05) is 6.54 Å². The average Bonchev–Trinajstić information content (AvgIpc) is 3.15. The largest absolute Gasteiger partial charge is 0.314 e. The van der Waals surface area contributed by atoms with Gasteiger partial charge in [0.1, 0.15) is 0 Å². The fraction of sp³-hybridized carbons (Fsp3) is 0.438. The van der Waals surface area contributed by atoms with Gasteiger partial charge in [-0.15, -0.1) is 22.7 Å².